The first-order valence-electron chi connectivity index (χ1n) is 9.34. The average molecular weight is 352 g/mol. The minimum Gasteiger partial charge on any atom is -0.497 e. The number of rotatable bonds is 6. The highest BCUT2D eigenvalue weighted by Gasteiger charge is 2.26. The molecule has 2 aromatic rings. The van der Waals surface area contributed by atoms with Crippen molar-refractivity contribution >= 4 is 5.91 Å². The number of aryl methyl sites for hydroxylation is 1. The Morgan fingerprint density at radius 2 is 1.85 bits per heavy atom. The number of amides is 1. The van der Waals surface area contributed by atoms with Crippen LogP contribution in [0.4, 0.5) is 0 Å². The standard InChI is InChI=1S/C22H28N2O2/c1-18-16-24(14-13-23(18)17-20-7-4-3-5-8-20)22(25)12-11-19-9-6-10-21(15-19)26-2/h3-10,15,18H,11-14,16-17H2,1-2H3. The molecule has 26 heavy (non-hydrogen) atoms. The van der Waals surface area contributed by atoms with Crippen LogP contribution in [0, 0.1) is 0 Å². The van der Waals surface area contributed by atoms with E-state index in [4.69, 9.17) is 4.74 Å². The van der Waals surface area contributed by atoms with Crippen molar-refractivity contribution in [2.24, 2.45) is 0 Å². The molecule has 0 bridgehead atoms. The number of carbonyl (C=O) groups is 1. The van der Waals surface area contributed by atoms with Gasteiger partial charge in [-0.25, -0.2) is 0 Å². The van der Waals surface area contributed by atoms with Crippen LogP contribution in [0.1, 0.15) is 24.5 Å². The molecule has 1 saturated heterocycles. The molecule has 0 radical (unpaired) electrons. The molecule has 4 nitrogen and oxygen atoms in total. The van der Waals surface area contributed by atoms with Crippen LogP contribution in [-0.2, 0) is 17.8 Å². The first-order chi connectivity index (χ1) is 12.7. The second-order valence-corrected chi connectivity index (χ2v) is 7.00. The second-order valence-electron chi connectivity index (χ2n) is 7.00. The normalized spacial score (nSPS) is 17.9. The van der Waals surface area contributed by atoms with Gasteiger partial charge in [0.15, 0.2) is 0 Å². The van der Waals surface area contributed by atoms with E-state index in [-0.39, 0.29) is 5.91 Å². The highest BCUT2D eigenvalue weighted by Crippen LogP contribution is 2.17. The summed E-state index contributed by atoms with van der Waals surface area (Å²) in [6.07, 6.45) is 1.31. The van der Waals surface area contributed by atoms with Gasteiger partial charge in [0.05, 0.1) is 7.11 Å². The molecule has 0 aliphatic carbocycles. The van der Waals surface area contributed by atoms with Crippen molar-refractivity contribution in [3.05, 3.63) is 65.7 Å². The maximum absolute atomic E-state index is 12.6. The number of nitrogens with zero attached hydrogens (tertiary/aromatic N) is 2. The van der Waals surface area contributed by atoms with Crippen LogP contribution in [0.3, 0.4) is 0 Å². The third kappa shape index (κ3) is 4.85. The minimum absolute atomic E-state index is 0.249. The predicted molar refractivity (Wildman–Crippen MR) is 104 cm³/mol. The third-order valence-corrected chi connectivity index (χ3v) is 5.11. The van der Waals surface area contributed by atoms with Gasteiger partial charge < -0.3 is 9.64 Å². The first-order valence-corrected chi connectivity index (χ1v) is 9.34. The maximum atomic E-state index is 12.6. The van der Waals surface area contributed by atoms with E-state index in [0.717, 1.165) is 43.9 Å². The van der Waals surface area contributed by atoms with Gasteiger partial charge in [0, 0.05) is 38.6 Å². The zero-order chi connectivity index (χ0) is 18.4. The zero-order valence-electron chi connectivity index (χ0n) is 15.7. The average Bonchev–Trinajstić information content (AvgIpc) is 2.68. The lowest BCUT2D eigenvalue weighted by atomic mass is 10.1. The largest absolute Gasteiger partial charge is 0.497 e. The predicted octanol–water partition coefficient (Wildman–Crippen LogP) is 3.36. The molecular formula is C22H28N2O2. The van der Waals surface area contributed by atoms with Crippen LogP contribution in [0.25, 0.3) is 0 Å². The molecule has 0 aromatic heterocycles. The van der Waals surface area contributed by atoms with Crippen molar-refractivity contribution < 1.29 is 9.53 Å². The van der Waals surface area contributed by atoms with E-state index in [9.17, 15) is 4.79 Å². The Morgan fingerprint density at radius 3 is 2.58 bits per heavy atom. The Balaban J connectivity index is 1.49. The van der Waals surface area contributed by atoms with E-state index in [1.54, 1.807) is 7.11 Å². The van der Waals surface area contributed by atoms with Crippen molar-refractivity contribution in [2.75, 3.05) is 26.7 Å². The Hall–Kier alpha value is -2.33. The van der Waals surface area contributed by atoms with Gasteiger partial charge in [-0.3, -0.25) is 9.69 Å². The lowest BCUT2D eigenvalue weighted by Gasteiger charge is -2.40. The summed E-state index contributed by atoms with van der Waals surface area (Å²) in [5.41, 5.74) is 2.48. The lowest BCUT2D eigenvalue weighted by molar-refractivity contribution is -0.134. The molecule has 4 heteroatoms. The molecule has 0 saturated carbocycles. The summed E-state index contributed by atoms with van der Waals surface area (Å²) in [7, 11) is 1.67. The van der Waals surface area contributed by atoms with Crippen LogP contribution in [-0.4, -0.2) is 48.5 Å². The molecule has 3 rings (SSSR count). The van der Waals surface area contributed by atoms with Crippen molar-refractivity contribution in [2.45, 2.75) is 32.4 Å². The van der Waals surface area contributed by atoms with E-state index >= 15 is 0 Å². The number of hydrogen-bond acceptors (Lipinski definition) is 3. The molecule has 1 fully saturated rings. The van der Waals surface area contributed by atoms with Gasteiger partial charge in [0.1, 0.15) is 5.75 Å². The fourth-order valence-corrected chi connectivity index (χ4v) is 3.51. The molecule has 1 aliphatic heterocycles. The van der Waals surface area contributed by atoms with Crippen molar-refractivity contribution in [3.8, 4) is 5.75 Å². The van der Waals surface area contributed by atoms with Crippen LogP contribution in [0.2, 0.25) is 0 Å². The monoisotopic (exact) mass is 352 g/mol. The van der Waals surface area contributed by atoms with Crippen LogP contribution < -0.4 is 4.74 Å². The molecule has 138 valence electrons. The van der Waals surface area contributed by atoms with Crippen molar-refractivity contribution in [1.82, 2.24) is 9.80 Å². The quantitative estimate of drug-likeness (QED) is 0.799. The Kier molecular flexibility index (Phi) is 6.29. The maximum Gasteiger partial charge on any atom is 0.222 e. The Morgan fingerprint density at radius 1 is 1.08 bits per heavy atom. The molecule has 1 unspecified atom stereocenters. The van der Waals surface area contributed by atoms with E-state index in [0.29, 0.717) is 12.5 Å². The molecule has 1 aliphatic rings. The minimum atomic E-state index is 0.249. The molecule has 0 N–H and O–H groups in total. The Bertz CT molecular complexity index is 717. The van der Waals surface area contributed by atoms with E-state index in [1.165, 1.54) is 5.56 Å². The fourth-order valence-electron chi connectivity index (χ4n) is 3.51. The Labute approximate surface area is 156 Å². The van der Waals surface area contributed by atoms with E-state index < -0.39 is 0 Å². The highest BCUT2D eigenvalue weighted by atomic mass is 16.5. The molecule has 2 aromatic carbocycles. The van der Waals surface area contributed by atoms with Gasteiger partial charge in [-0.1, -0.05) is 42.5 Å². The van der Waals surface area contributed by atoms with Crippen LogP contribution in [0.15, 0.2) is 54.6 Å². The number of benzene rings is 2. The van der Waals surface area contributed by atoms with Gasteiger partial charge in [-0.2, -0.15) is 0 Å². The molecular weight excluding hydrogens is 324 g/mol. The summed E-state index contributed by atoms with van der Waals surface area (Å²) in [6, 6.07) is 18.9. The molecule has 1 heterocycles. The smallest absolute Gasteiger partial charge is 0.222 e. The van der Waals surface area contributed by atoms with Crippen LogP contribution in [0.5, 0.6) is 5.75 Å². The number of piperazine rings is 1. The summed E-state index contributed by atoms with van der Waals surface area (Å²) in [5, 5.41) is 0. The number of methoxy groups -OCH3 is 1. The third-order valence-electron chi connectivity index (χ3n) is 5.11. The number of carbonyl (C=O) groups excluding carboxylic acids is 1. The second kappa shape index (κ2) is 8.86. The van der Waals surface area contributed by atoms with Crippen LogP contribution >= 0.6 is 0 Å². The summed E-state index contributed by atoms with van der Waals surface area (Å²) in [5.74, 6) is 1.09. The summed E-state index contributed by atoms with van der Waals surface area (Å²) in [4.78, 5) is 17.1. The summed E-state index contributed by atoms with van der Waals surface area (Å²) < 4.78 is 5.25. The summed E-state index contributed by atoms with van der Waals surface area (Å²) in [6.45, 7) is 5.72. The fraction of sp³-hybridized carbons (Fsp3) is 0.409. The highest BCUT2D eigenvalue weighted by molar-refractivity contribution is 5.76. The first kappa shape index (κ1) is 18.5. The van der Waals surface area contributed by atoms with Crippen molar-refractivity contribution in [3.63, 3.8) is 0 Å². The zero-order valence-corrected chi connectivity index (χ0v) is 15.7. The van der Waals surface area contributed by atoms with Gasteiger partial charge in [-0.15, -0.1) is 0 Å². The number of ether oxygens (including phenoxy) is 1. The molecule has 1 atom stereocenters. The van der Waals surface area contributed by atoms with E-state index in [2.05, 4.69) is 42.2 Å². The summed E-state index contributed by atoms with van der Waals surface area (Å²) >= 11 is 0. The molecule has 1 amide bonds. The van der Waals surface area contributed by atoms with Gasteiger partial charge >= 0.3 is 0 Å². The number of hydrogen-bond donors (Lipinski definition) is 0. The van der Waals surface area contributed by atoms with Crippen molar-refractivity contribution in [1.29, 1.82) is 0 Å². The molecule has 0 spiro atoms. The van der Waals surface area contributed by atoms with E-state index in [1.807, 2.05) is 29.2 Å². The van der Waals surface area contributed by atoms with Gasteiger partial charge in [0.2, 0.25) is 5.91 Å². The van der Waals surface area contributed by atoms with Gasteiger partial charge in [-0.05, 0) is 36.6 Å². The SMILES string of the molecule is COc1cccc(CCC(=O)N2CCN(Cc3ccccc3)C(C)C2)c1. The van der Waals surface area contributed by atoms with Gasteiger partial charge in [0.25, 0.3) is 0 Å². The topological polar surface area (TPSA) is 32.8 Å². The lowest BCUT2D eigenvalue weighted by Crippen LogP contribution is -2.53.